The normalized spacial score (nSPS) is 12.2. The van der Waals surface area contributed by atoms with Gasteiger partial charge < -0.3 is 4.74 Å². The van der Waals surface area contributed by atoms with Crippen LogP contribution in [0.1, 0.15) is 17.2 Å². The molecule has 3 N–H and O–H groups in total. The van der Waals surface area contributed by atoms with E-state index in [1.165, 1.54) is 12.1 Å². The van der Waals surface area contributed by atoms with E-state index < -0.39 is 5.82 Å². The van der Waals surface area contributed by atoms with Crippen LogP contribution in [0.5, 0.6) is 5.75 Å². The summed E-state index contributed by atoms with van der Waals surface area (Å²) in [5, 5.41) is 0.0496. The number of ether oxygens (including phenoxy) is 1. The largest absolute Gasteiger partial charge is 0.495 e. The van der Waals surface area contributed by atoms with Crippen LogP contribution in [0.2, 0.25) is 5.02 Å². The molecule has 1 aromatic heterocycles. The maximum Gasteiger partial charge on any atom is 0.141 e. The van der Waals surface area contributed by atoms with Gasteiger partial charge in [-0.1, -0.05) is 17.7 Å². The van der Waals surface area contributed by atoms with Gasteiger partial charge in [0.15, 0.2) is 0 Å². The summed E-state index contributed by atoms with van der Waals surface area (Å²) >= 11 is 5.78. The average Bonchev–Trinajstić information content (AvgIpc) is 2.44. The molecular weight excluding hydrogens is 269 g/mol. The minimum Gasteiger partial charge on any atom is -0.495 e. The molecule has 100 valence electrons. The first-order chi connectivity index (χ1) is 9.15. The van der Waals surface area contributed by atoms with Crippen molar-refractivity contribution < 1.29 is 9.13 Å². The van der Waals surface area contributed by atoms with Crippen LogP contribution in [0.25, 0.3) is 0 Å². The number of nitrogens with two attached hydrogens (primary N) is 1. The maximum absolute atomic E-state index is 13.2. The monoisotopic (exact) mass is 281 g/mol. The van der Waals surface area contributed by atoms with E-state index in [-0.39, 0.29) is 11.1 Å². The number of hydrogen-bond donors (Lipinski definition) is 2. The molecule has 0 aliphatic rings. The molecule has 0 bridgehead atoms. The Morgan fingerprint density at radius 1 is 1.32 bits per heavy atom. The average molecular weight is 282 g/mol. The number of halogens is 2. The van der Waals surface area contributed by atoms with Crippen molar-refractivity contribution >= 4 is 11.6 Å². The van der Waals surface area contributed by atoms with Crippen molar-refractivity contribution in [2.75, 3.05) is 7.11 Å². The molecule has 0 fully saturated rings. The van der Waals surface area contributed by atoms with Crippen molar-refractivity contribution in [2.24, 2.45) is 5.84 Å². The number of nitrogens with zero attached hydrogens (tertiary/aromatic N) is 1. The van der Waals surface area contributed by atoms with Gasteiger partial charge in [-0.2, -0.15) is 0 Å². The topological polar surface area (TPSA) is 60.2 Å². The molecule has 2 aromatic rings. The number of pyridine rings is 1. The number of benzene rings is 1. The number of nitrogens with one attached hydrogen (secondary N) is 1. The molecule has 0 radical (unpaired) electrons. The first-order valence-corrected chi connectivity index (χ1v) is 5.93. The number of rotatable bonds is 4. The highest BCUT2D eigenvalue weighted by atomic mass is 35.5. The molecule has 0 spiro atoms. The second-order valence-electron chi connectivity index (χ2n) is 3.93. The van der Waals surface area contributed by atoms with Gasteiger partial charge in [0.25, 0.3) is 0 Å². The van der Waals surface area contributed by atoms with E-state index in [9.17, 15) is 4.39 Å². The van der Waals surface area contributed by atoms with Crippen molar-refractivity contribution in [2.45, 2.75) is 6.04 Å². The summed E-state index contributed by atoms with van der Waals surface area (Å²) in [5.74, 6) is 5.71. The van der Waals surface area contributed by atoms with E-state index in [2.05, 4.69) is 10.4 Å². The van der Waals surface area contributed by atoms with E-state index in [0.29, 0.717) is 5.75 Å². The fourth-order valence-electron chi connectivity index (χ4n) is 1.78. The molecule has 0 saturated heterocycles. The van der Waals surface area contributed by atoms with Gasteiger partial charge in [0.05, 0.1) is 24.4 Å². The van der Waals surface area contributed by atoms with Gasteiger partial charge in [0.2, 0.25) is 0 Å². The van der Waals surface area contributed by atoms with Crippen molar-refractivity contribution in [3.63, 3.8) is 0 Å². The lowest BCUT2D eigenvalue weighted by atomic mass is 10.0. The highest BCUT2D eigenvalue weighted by molar-refractivity contribution is 6.30. The second-order valence-corrected chi connectivity index (χ2v) is 4.34. The summed E-state index contributed by atoms with van der Waals surface area (Å²) in [4.78, 5) is 4.06. The summed E-state index contributed by atoms with van der Waals surface area (Å²) in [6.07, 6.45) is 3.25. The van der Waals surface area contributed by atoms with Gasteiger partial charge >= 0.3 is 0 Å². The lowest BCUT2D eigenvalue weighted by Gasteiger charge is -2.17. The molecule has 0 aliphatic carbocycles. The highest BCUT2D eigenvalue weighted by Crippen LogP contribution is 2.26. The van der Waals surface area contributed by atoms with Crippen LogP contribution in [-0.4, -0.2) is 12.1 Å². The molecule has 0 amide bonds. The lowest BCUT2D eigenvalue weighted by molar-refractivity contribution is 0.411. The third-order valence-corrected chi connectivity index (χ3v) is 3.04. The maximum atomic E-state index is 13.2. The third kappa shape index (κ3) is 3.01. The number of hydrogen-bond acceptors (Lipinski definition) is 4. The molecule has 2 rings (SSSR count). The molecule has 1 unspecified atom stereocenters. The van der Waals surface area contributed by atoms with Crippen LogP contribution in [0, 0.1) is 5.82 Å². The predicted molar refractivity (Wildman–Crippen MR) is 71.4 cm³/mol. The Hall–Kier alpha value is -1.69. The van der Waals surface area contributed by atoms with Crippen molar-refractivity contribution in [1.82, 2.24) is 10.4 Å². The fraction of sp³-hybridized carbons (Fsp3) is 0.154. The van der Waals surface area contributed by atoms with Gasteiger partial charge in [0.1, 0.15) is 11.6 Å². The van der Waals surface area contributed by atoms with Crippen molar-refractivity contribution in [3.05, 3.63) is 58.6 Å². The predicted octanol–water partition coefficient (Wildman–Crippen LogP) is 2.44. The van der Waals surface area contributed by atoms with Gasteiger partial charge in [-0.05, 0) is 29.3 Å². The number of hydrazine groups is 1. The first-order valence-electron chi connectivity index (χ1n) is 5.55. The van der Waals surface area contributed by atoms with Crippen LogP contribution in [0.4, 0.5) is 4.39 Å². The second kappa shape index (κ2) is 5.97. The molecular formula is C13H13ClFN3O. The minimum atomic E-state index is -0.468. The van der Waals surface area contributed by atoms with Gasteiger partial charge in [-0.15, -0.1) is 0 Å². The van der Waals surface area contributed by atoms with Crippen molar-refractivity contribution in [1.29, 1.82) is 0 Å². The molecule has 1 aromatic carbocycles. The minimum absolute atomic E-state index is 0.0496. The van der Waals surface area contributed by atoms with Crippen LogP contribution in [0.15, 0.2) is 36.7 Å². The Morgan fingerprint density at radius 3 is 2.74 bits per heavy atom. The molecule has 0 saturated carbocycles. The Morgan fingerprint density at radius 2 is 2.11 bits per heavy atom. The summed E-state index contributed by atoms with van der Waals surface area (Å²) in [6.45, 7) is 0. The zero-order chi connectivity index (χ0) is 13.8. The first kappa shape index (κ1) is 13.7. The molecule has 1 atom stereocenters. The molecule has 0 aliphatic heterocycles. The fourth-order valence-corrected chi connectivity index (χ4v) is 1.97. The standard InChI is InChI=1S/C13H13ClFN3O/c1-19-10-4-9(6-17-7-10)13(18-16)8-2-3-12(15)11(14)5-8/h2-7,13,18H,16H2,1H3. The van der Waals surface area contributed by atoms with Gasteiger partial charge in [0, 0.05) is 6.20 Å². The van der Waals surface area contributed by atoms with Crippen LogP contribution in [0.3, 0.4) is 0 Å². The van der Waals surface area contributed by atoms with Crippen LogP contribution in [-0.2, 0) is 0 Å². The molecule has 19 heavy (non-hydrogen) atoms. The Balaban J connectivity index is 2.40. The van der Waals surface area contributed by atoms with E-state index in [4.69, 9.17) is 22.2 Å². The third-order valence-electron chi connectivity index (χ3n) is 2.75. The summed E-state index contributed by atoms with van der Waals surface area (Å²) in [5.41, 5.74) is 4.19. The van der Waals surface area contributed by atoms with Gasteiger partial charge in [-0.3, -0.25) is 10.8 Å². The Kier molecular flexibility index (Phi) is 4.31. The van der Waals surface area contributed by atoms with Crippen LogP contribution >= 0.6 is 11.6 Å². The van der Waals surface area contributed by atoms with Crippen molar-refractivity contribution in [3.8, 4) is 5.75 Å². The van der Waals surface area contributed by atoms with E-state index in [1.54, 1.807) is 31.6 Å². The van der Waals surface area contributed by atoms with E-state index >= 15 is 0 Å². The molecule has 6 heteroatoms. The number of methoxy groups -OCH3 is 1. The quantitative estimate of drug-likeness (QED) is 0.667. The summed E-state index contributed by atoms with van der Waals surface area (Å²) in [6, 6.07) is 5.90. The van der Waals surface area contributed by atoms with E-state index in [0.717, 1.165) is 11.1 Å². The zero-order valence-electron chi connectivity index (χ0n) is 10.2. The van der Waals surface area contributed by atoms with Gasteiger partial charge in [-0.25, -0.2) is 9.82 Å². The van der Waals surface area contributed by atoms with E-state index in [1.807, 2.05) is 0 Å². The summed E-state index contributed by atoms with van der Waals surface area (Å²) in [7, 11) is 1.56. The Bertz CT molecular complexity index is 580. The molecule has 4 nitrogen and oxygen atoms in total. The smallest absolute Gasteiger partial charge is 0.141 e. The zero-order valence-corrected chi connectivity index (χ0v) is 11.0. The molecule has 1 heterocycles. The van der Waals surface area contributed by atoms with Crippen LogP contribution < -0.4 is 16.0 Å². The Labute approximate surface area is 115 Å². The lowest BCUT2D eigenvalue weighted by Crippen LogP contribution is -2.29. The number of aromatic nitrogens is 1. The SMILES string of the molecule is COc1cncc(C(NN)c2ccc(F)c(Cl)c2)c1. The summed E-state index contributed by atoms with van der Waals surface area (Å²) < 4.78 is 18.3. The highest BCUT2D eigenvalue weighted by Gasteiger charge is 2.15.